The maximum absolute atomic E-state index is 12.0. The van der Waals surface area contributed by atoms with Crippen molar-refractivity contribution in [3.05, 3.63) is 64.9 Å². The van der Waals surface area contributed by atoms with Gasteiger partial charge in [-0.05, 0) is 29.3 Å². The van der Waals surface area contributed by atoms with Gasteiger partial charge in [0.25, 0.3) is 11.7 Å². The number of amides is 1. The lowest BCUT2D eigenvalue weighted by molar-refractivity contribution is -0.139. The minimum absolute atomic E-state index is 0.153. The van der Waals surface area contributed by atoms with Crippen LogP contribution in [0.1, 0.15) is 29.0 Å². The lowest BCUT2D eigenvalue weighted by atomic mass is 9.91. The highest BCUT2D eigenvalue weighted by molar-refractivity contribution is 6.33. The molecule has 0 saturated carbocycles. The number of H-pyrrole nitrogens is 1. The molecule has 8 nitrogen and oxygen atoms in total. The smallest absolute Gasteiger partial charge is 0.313 e. The van der Waals surface area contributed by atoms with Gasteiger partial charge in [-0.3, -0.25) is 9.59 Å². The van der Waals surface area contributed by atoms with E-state index in [1.165, 1.54) is 0 Å². The van der Waals surface area contributed by atoms with Gasteiger partial charge in [-0.1, -0.05) is 54.1 Å². The average Bonchev–Trinajstić information content (AvgIpc) is 3.17. The largest absolute Gasteiger partial charge is 0.481 e. The third-order valence-electron chi connectivity index (χ3n) is 4.13. The Labute approximate surface area is 159 Å². The molecule has 2 aromatic carbocycles. The molecule has 0 aliphatic heterocycles. The number of carbonyl (C=O) groups excluding carboxylic acids is 1. The van der Waals surface area contributed by atoms with Crippen molar-refractivity contribution in [2.24, 2.45) is 0 Å². The van der Waals surface area contributed by atoms with Crippen LogP contribution < -0.4 is 5.32 Å². The van der Waals surface area contributed by atoms with Crippen molar-refractivity contribution in [1.82, 2.24) is 25.9 Å². The summed E-state index contributed by atoms with van der Waals surface area (Å²) >= 11 is 6.21. The summed E-state index contributed by atoms with van der Waals surface area (Å²) < 4.78 is 0. The number of halogens is 1. The number of hydrogen-bond donors (Lipinski definition) is 3. The quantitative estimate of drug-likeness (QED) is 0.599. The summed E-state index contributed by atoms with van der Waals surface area (Å²) in [5.74, 6) is -2.75. The Kier molecular flexibility index (Phi) is 5.46. The minimum atomic E-state index is -1.05. The second kappa shape index (κ2) is 7.96. The van der Waals surface area contributed by atoms with E-state index in [1.54, 1.807) is 37.3 Å². The van der Waals surface area contributed by atoms with Crippen molar-refractivity contribution < 1.29 is 14.7 Å². The van der Waals surface area contributed by atoms with E-state index in [2.05, 4.69) is 25.9 Å². The number of carboxylic acids is 1. The molecule has 3 N–H and O–H groups in total. The molecule has 0 radical (unpaired) electrons. The molecule has 1 heterocycles. The molecular formula is C18H16ClN5O3. The van der Waals surface area contributed by atoms with Crippen LogP contribution in [0.3, 0.4) is 0 Å². The van der Waals surface area contributed by atoms with E-state index in [0.717, 1.165) is 11.1 Å². The fraction of sp³-hybridized carbons (Fsp3) is 0.167. The lowest BCUT2D eigenvalue weighted by Crippen LogP contribution is -2.40. The number of benzene rings is 2. The third kappa shape index (κ3) is 4.12. The highest BCUT2D eigenvalue weighted by Gasteiger charge is 2.29. The molecule has 0 saturated heterocycles. The van der Waals surface area contributed by atoms with Crippen LogP contribution in [-0.4, -0.2) is 43.6 Å². The fourth-order valence-corrected chi connectivity index (χ4v) is 3.07. The zero-order valence-electron chi connectivity index (χ0n) is 14.3. The van der Waals surface area contributed by atoms with Crippen LogP contribution in [0.5, 0.6) is 0 Å². The fourth-order valence-electron chi connectivity index (χ4n) is 2.82. The first-order valence-electron chi connectivity index (χ1n) is 8.09. The zero-order valence-corrected chi connectivity index (χ0v) is 15.0. The van der Waals surface area contributed by atoms with Gasteiger partial charge >= 0.3 is 5.97 Å². The van der Waals surface area contributed by atoms with Gasteiger partial charge in [0, 0.05) is 16.6 Å². The second-order valence-electron chi connectivity index (χ2n) is 5.92. The first-order chi connectivity index (χ1) is 13.0. The first kappa shape index (κ1) is 18.5. The Balaban J connectivity index is 1.81. The number of aliphatic carboxylic acids is 1. The van der Waals surface area contributed by atoms with Crippen molar-refractivity contribution in [3.63, 3.8) is 0 Å². The number of aromatic nitrogens is 4. The highest BCUT2D eigenvalue weighted by atomic mass is 35.5. The Morgan fingerprint density at radius 1 is 1.15 bits per heavy atom. The Bertz CT molecular complexity index is 944. The number of tetrazole rings is 1. The minimum Gasteiger partial charge on any atom is -0.481 e. The predicted molar refractivity (Wildman–Crippen MR) is 98.4 cm³/mol. The molecular weight excluding hydrogens is 370 g/mol. The molecule has 1 aromatic heterocycles. The van der Waals surface area contributed by atoms with Gasteiger partial charge in [0.05, 0.1) is 0 Å². The molecule has 1 amide bonds. The standard InChI is InChI=1S/C18H16ClN5O3/c1-10(20-17(25)16-21-23-24-22-16)15(18(26)27)12-8-6-11(7-9-12)13-4-2-3-5-14(13)19/h2-10,15H,1H3,(H,20,25)(H,26,27)(H,21,22,23,24). The number of rotatable bonds is 6. The summed E-state index contributed by atoms with van der Waals surface area (Å²) in [7, 11) is 0. The summed E-state index contributed by atoms with van der Waals surface area (Å²) in [4.78, 5) is 23.8. The topological polar surface area (TPSA) is 121 Å². The van der Waals surface area contributed by atoms with E-state index in [9.17, 15) is 14.7 Å². The molecule has 3 rings (SSSR count). The lowest BCUT2D eigenvalue weighted by Gasteiger charge is -2.21. The molecule has 2 atom stereocenters. The van der Waals surface area contributed by atoms with Gasteiger partial charge in [0.2, 0.25) is 0 Å². The van der Waals surface area contributed by atoms with Crippen LogP contribution in [0.25, 0.3) is 11.1 Å². The van der Waals surface area contributed by atoms with E-state index in [-0.39, 0.29) is 5.82 Å². The Hall–Kier alpha value is -3.26. The van der Waals surface area contributed by atoms with E-state index in [0.29, 0.717) is 10.6 Å². The van der Waals surface area contributed by atoms with Crippen molar-refractivity contribution >= 4 is 23.5 Å². The molecule has 0 fully saturated rings. The highest BCUT2D eigenvalue weighted by Crippen LogP contribution is 2.29. The first-order valence-corrected chi connectivity index (χ1v) is 8.47. The van der Waals surface area contributed by atoms with Crippen LogP contribution in [-0.2, 0) is 4.79 Å². The molecule has 3 aromatic rings. The van der Waals surface area contributed by atoms with Crippen LogP contribution in [0, 0.1) is 0 Å². The Morgan fingerprint density at radius 3 is 2.44 bits per heavy atom. The molecule has 0 bridgehead atoms. The van der Waals surface area contributed by atoms with Crippen molar-refractivity contribution in [1.29, 1.82) is 0 Å². The number of hydrogen-bond acceptors (Lipinski definition) is 5. The second-order valence-corrected chi connectivity index (χ2v) is 6.32. The number of carbonyl (C=O) groups is 2. The predicted octanol–water partition coefficient (Wildman–Crippen LogP) is 2.51. The number of carboxylic acid groups (broad SMARTS) is 1. The summed E-state index contributed by atoms with van der Waals surface area (Å²) in [5.41, 5.74) is 2.28. The van der Waals surface area contributed by atoms with E-state index >= 15 is 0 Å². The SMILES string of the molecule is CC(NC(=O)c1nn[nH]n1)C(C(=O)O)c1ccc(-c2ccccc2Cl)cc1. The zero-order chi connectivity index (χ0) is 19.4. The van der Waals surface area contributed by atoms with Gasteiger partial charge in [-0.25, -0.2) is 0 Å². The summed E-state index contributed by atoms with van der Waals surface area (Å²) in [6.07, 6.45) is 0. The van der Waals surface area contributed by atoms with Gasteiger partial charge < -0.3 is 10.4 Å². The van der Waals surface area contributed by atoms with Crippen LogP contribution in [0.2, 0.25) is 5.02 Å². The monoisotopic (exact) mass is 385 g/mol. The third-order valence-corrected chi connectivity index (χ3v) is 4.46. The van der Waals surface area contributed by atoms with Crippen molar-refractivity contribution in [2.45, 2.75) is 18.9 Å². The van der Waals surface area contributed by atoms with Gasteiger partial charge in [0.15, 0.2) is 0 Å². The molecule has 0 aliphatic carbocycles. The van der Waals surface area contributed by atoms with E-state index in [1.807, 2.05) is 18.2 Å². The van der Waals surface area contributed by atoms with Gasteiger partial charge in [0.1, 0.15) is 5.92 Å². The number of aromatic amines is 1. The molecule has 2 unspecified atom stereocenters. The molecule has 0 aliphatic rings. The number of nitrogens with zero attached hydrogens (tertiary/aromatic N) is 3. The van der Waals surface area contributed by atoms with Crippen molar-refractivity contribution in [3.8, 4) is 11.1 Å². The van der Waals surface area contributed by atoms with E-state index in [4.69, 9.17) is 11.6 Å². The van der Waals surface area contributed by atoms with Gasteiger partial charge in [-0.15, -0.1) is 10.2 Å². The summed E-state index contributed by atoms with van der Waals surface area (Å²) in [5, 5.41) is 25.5. The summed E-state index contributed by atoms with van der Waals surface area (Å²) in [6.45, 7) is 1.61. The Morgan fingerprint density at radius 2 is 1.85 bits per heavy atom. The number of nitrogens with one attached hydrogen (secondary N) is 2. The van der Waals surface area contributed by atoms with Crippen LogP contribution in [0.15, 0.2) is 48.5 Å². The molecule has 0 spiro atoms. The van der Waals surface area contributed by atoms with Gasteiger partial charge in [-0.2, -0.15) is 5.21 Å². The average molecular weight is 386 g/mol. The molecule has 9 heteroatoms. The summed E-state index contributed by atoms with van der Waals surface area (Å²) in [6, 6.07) is 13.8. The maximum atomic E-state index is 12.0. The normalized spacial score (nSPS) is 13.0. The maximum Gasteiger partial charge on any atom is 0.313 e. The van der Waals surface area contributed by atoms with Crippen molar-refractivity contribution in [2.75, 3.05) is 0 Å². The molecule has 138 valence electrons. The van der Waals surface area contributed by atoms with Crippen LogP contribution in [0.4, 0.5) is 0 Å². The van der Waals surface area contributed by atoms with Crippen LogP contribution >= 0.6 is 11.6 Å². The van der Waals surface area contributed by atoms with E-state index < -0.39 is 23.8 Å². The molecule has 27 heavy (non-hydrogen) atoms.